The molecule has 2 rings (SSSR count). The van der Waals surface area contributed by atoms with Crippen molar-refractivity contribution in [1.29, 1.82) is 0 Å². The molecule has 6 heteroatoms. The standard InChI is InChI=1S/C14H16F3N3/c1-20-10-12(9-19-20)6-7-18-8-11-2-4-13(5-3-11)14(15,16)17/h2-5,9-10,18H,6-8H2,1H3. The molecule has 0 fully saturated rings. The predicted octanol–water partition coefficient (Wildman–Crippen LogP) is 2.77. The maximum absolute atomic E-state index is 12.4. The van der Waals surface area contributed by atoms with Gasteiger partial charge in [-0.2, -0.15) is 18.3 Å². The van der Waals surface area contributed by atoms with Crippen LogP contribution in [0.5, 0.6) is 0 Å². The van der Waals surface area contributed by atoms with Crippen molar-refractivity contribution in [3.63, 3.8) is 0 Å². The fraction of sp³-hybridized carbons (Fsp3) is 0.357. The van der Waals surface area contributed by atoms with Crippen molar-refractivity contribution < 1.29 is 13.2 Å². The van der Waals surface area contributed by atoms with Crippen LogP contribution in [0.2, 0.25) is 0 Å². The Bertz CT molecular complexity index is 544. The third kappa shape index (κ3) is 4.09. The molecule has 0 saturated heterocycles. The van der Waals surface area contributed by atoms with Crippen LogP contribution in [0.3, 0.4) is 0 Å². The summed E-state index contributed by atoms with van der Waals surface area (Å²) in [4.78, 5) is 0. The lowest BCUT2D eigenvalue weighted by Crippen LogP contribution is -2.16. The summed E-state index contributed by atoms with van der Waals surface area (Å²) in [6.45, 7) is 1.31. The normalized spacial score (nSPS) is 11.8. The van der Waals surface area contributed by atoms with Crippen LogP contribution >= 0.6 is 0 Å². The summed E-state index contributed by atoms with van der Waals surface area (Å²) < 4.78 is 38.9. The molecule has 0 aliphatic rings. The van der Waals surface area contributed by atoms with Gasteiger partial charge in [-0.15, -0.1) is 0 Å². The molecule has 20 heavy (non-hydrogen) atoms. The van der Waals surface area contributed by atoms with Gasteiger partial charge in [0.15, 0.2) is 0 Å². The smallest absolute Gasteiger partial charge is 0.312 e. The van der Waals surface area contributed by atoms with Gasteiger partial charge in [0.25, 0.3) is 0 Å². The fourth-order valence-corrected chi connectivity index (χ4v) is 1.88. The van der Waals surface area contributed by atoms with Crippen molar-refractivity contribution in [3.05, 3.63) is 53.3 Å². The molecule has 2 aromatic rings. The van der Waals surface area contributed by atoms with Crippen LogP contribution in [-0.2, 0) is 26.2 Å². The summed E-state index contributed by atoms with van der Waals surface area (Å²) in [5, 5.41) is 7.27. The lowest BCUT2D eigenvalue weighted by molar-refractivity contribution is -0.137. The summed E-state index contributed by atoms with van der Waals surface area (Å²) in [7, 11) is 1.86. The number of halogens is 3. The first kappa shape index (κ1) is 14.6. The lowest BCUT2D eigenvalue weighted by atomic mass is 10.1. The Morgan fingerprint density at radius 3 is 2.40 bits per heavy atom. The van der Waals surface area contributed by atoms with E-state index in [2.05, 4.69) is 10.4 Å². The van der Waals surface area contributed by atoms with Crippen molar-refractivity contribution >= 4 is 0 Å². The van der Waals surface area contributed by atoms with Crippen molar-refractivity contribution in [2.75, 3.05) is 6.54 Å². The van der Waals surface area contributed by atoms with Crippen molar-refractivity contribution in [1.82, 2.24) is 15.1 Å². The minimum Gasteiger partial charge on any atom is -0.312 e. The number of alkyl halides is 3. The molecule has 0 atom stereocenters. The average Bonchev–Trinajstić information content (AvgIpc) is 2.80. The van der Waals surface area contributed by atoms with E-state index in [4.69, 9.17) is 0 Å². The van der Waals surface area contributed by atoms with Crippen molar-refractivity contribution in [2.24, 2.45) is 7.05 Å². The SMILES string of the molecule is Cn1cc(CCNCc2ccc(C(F)(F)F)cc2)cn1. The van der Waals surface area contributed by atoms with E-state index in [1.165, 1.54) is 12.1 Å². The number of nitrogens with one attached hydrogen (secondary N) is 1. The number of hydrogen-bond acceptors (Lipinski definition) is 2. The largest absolute Gasteiger partial charge is 0.416 e. The van der Waals surface area contributed by atoms with Gasteiger partial charge in [-0.05, 0) is 36.2 Å². The van der Waals surface area contributed by atoms with E-state index in [0.717, 1.165) is 36.2 Å². The molecule has 0 aliphatic heterocycles. The first-order chi connectivity index (χ1) is 9.45. The Morgan fingerprint density at radius 2 is 1.85 bits per heavy atom. The second kappa shape index (κ2) is 6.09. The van der Waals surface area contributed by atoms with Gasteiger partial charge in [0.2, 0.25) is 0 Å². The van der Waals surface area contributed by atoms with E-state index in [1.54, 1.807) is 10.9 Å². The van der Waals surface area contributed by atoms with Crippen LogP contribution in [0.1, 0.15) is 16.7 Å². The number of benzene rings is 1. The first-order valence-corrected chi connectivity index (χ1v) is 6.29. The molecule has 0 spiro atoms. The number of rotatable bonds is 5. The van der Waals surface area contributed by atoms with E-state index in [0.29, 0.717) is 6.54 Å². The molecule has 0 amide bonds. The van der Waals surface area contributed by atoms with E-state index >= 15 is 0 Å². The molecule has 0 radical (unpaired) electrons. The quantitative estimate of drug-likeness (QED) is 0.855. The van der Waals surface area contributed by atoms with Gasteiger partial charge in [-0.25, -0.2) is 0 Å². The second-order valence-electron chi connectivity index (χ2n) is 4.64. The summed E-state index contributed by atoms with van der Waals surface area (Å²) in [6, 6.07) is 5.22. The van der Waals surface area contributed by atoms with Gasteiger partial charge in [-0.3, -0.25) is 4.68 Å². The van der Waals surface area contributed by atoms with E-state index < -0.39 is 11.7 Å². The Kier molecular flexibility index (Phi) is 4.44. The van der Waals surface area contributed by atoms with Gasteiger partial charge in [-0.1, -0.05) is 12.1 Å². The second-order valence-corrected chi connectivity index (χ2v) is 4.64. The van der Waals surface area contributed by atoms with Crippen molar-refractivity contribution in [2.45, 2.75) is 19.1 Å². The molecule has 1 N–H and O–H groups in total. The highest BCUT2D eigenvalue weighted by molar-refractivity contribution is 5.24. The highest BCUT2D eigenvalue weighted by Crippen LogP contribution is 2.28. The molecule has 108 valence electrons. The van der Waals surface area contributed by atoms with Crippen molar-refractivity contribution in [3.8, 4) is 0 Å². The number of hydrogen-bond donors (Lipinski definition) is 1. The topological polar surface area (TPSA) is 29.9 Å². The van der Waals surface area contributed by atoms with Crippen LogP contribution in [-0.4, -0.2) is 16.3 Å². The van der Waals surface area contributed by atoms with Crippen LogP contribution < -0.4 is 5.32 Å². The van der Waals surface area contributed by atoms with Crippen LogP contribution in [0, 0.1) is 0 Å². The number of aromatic nitrogens is 2. The molecule has 0 saturated carbocycles. The maximum Gasteiger partial charge on any atom is 0.416 e. The Labute approximate surface area is 115 Å². The molecule has 1 aromatic heterocycles. The minimum atomic E-state index is -4.27. The highest BCUT2D eigenvalue weighted by Gasteiger charge is 2.29. The third-order valence-electron chi connectivity index (χ3n) is 2.96. The zero-order valence-corrected chi connectivity index (χ0v) is 11.1. The van der Waals surface area contributed by atoms with Gasteiger partial charge in [0, 0.05) is 19.8 Å². The minimum absolute atomic E-state index is 0.554. The van der Waals surface area contributed by atoms with Crippen LogP contribution in [0.25, 0.3) is 0 Å². The summed E-state index contributed by atoms with van der Waals surface area (Å²) >= 11 is 0. The predicted molar refractivity (Wildman–Crippen MR) is 70.1 cm³/mol. The number of aryl methyl sites for hydroxylation is 1. The lowest BCUT2D eigenvalue weighted by Gasteiger charge is -2.08. The molecular formula is C14H16F3N3. The van der Waals surface area contributed by atoms with E-state index in [1.807, 2.05) is 13.2 Å². The monoisotopic (exact) mass is 283 g/mol. The molecular weight excluding hydrogens is 267 g/mol. The highest BCUT2D eigenvalue weighted by atomic mass is 19.4. The molecule has 1 heterocycles. The molecule has 0 unspecified atom stereocenters. The van der Waals surface area contributed by atoms with Gasteiger partial charge in [0.1, 0.15) is 0 Å². The average molecular weight is 283 g/mol. The molecule has 0 aliphatic carbocycles. The molecule has 1 aromatic carbocycles. The zero-order chi connectivity index (χ0) is 14.6. The van der Waals surface area contributed by atoms with Crippen LogP contribution in [0.4, 0.5) is 13.2 Å². The van der Waals surface area contributed by atoms with Gasteiger partial charge < -0.3 is 5.32 Å². The molecule has 0 bridgehead atoms. The fourth-order valence-electron chi connectivity index (χ4n) is 1.88. The third-order valence-corrected chi connectivity index (χ3v) is 2.96. The molecule has 3 nitrogen and oxygen atoms in total. The Hall–Kier alpha value is -1.82. The van der Waals surface area contributed by atoms with E-state index in [9.17, 15) is 13.2 Å². The van der Waals surface area contributed by atoms with Crippen LogP contribution in [0.15, 0.2) is 36.7 Å². The maximum atomic E-state index is 12.4. The summed E-state index contributed by atoms with van der Waals surface area (Å²) in [5.41, 5.74) is 1.35. The Balaban J connectivity index is 1.77. The Morgan fingerprint density at radius 1 is 1.15 bits per heavy atom. The summed E-state index contributed by atoms with van der Waals surface area (Å²) in [6.07, 6.45) is 0.320. The van der Waals surface area contributed by atoms with E-state index in [-0.39, 0.29) is 0 Å². The zero-order valence-electron chi connectivity index (χ0n) is 11.1. The van der Waals surface area contributed by atoms with Gasteiger partial charge in [0.05, 0.1) is 11.8 Å². The number of nitrogens with zero attached hydrogens (tertiary/aromatic N) is 2. The first-order valence-electron chi connectivity index (χ1n) is 6.29. The van der Waals surface area contributed by atoms with Gasteiger partial charge >= 0.3 is 6.18 Å². The summed E-state index contributed by atoms with van der Waals surface area (Å²) in [5.74, 6) is 0.